The van der Waals surface area contributed by atoms with Gasteiger partial charge in [-0.3, -0.25) is 0 Å². The third kappa shape index (κ3) is 3.74. The van der Waals surface area contributed by atoms with Gasteiger partial charge in [-0.15, -0.1) is 0 Å². The predicted octanol–water partition coefficient (Wildman–Crippen LogP) is 3.65. The Labute approximate surface area is 134 Å². The maximum absolute atomic E-state index is 5.67. The molecular formula is C16H20BrN3O. The highest BCUT2D eigenvalue weighted by Crippen LogP contribution is 2.33. The zero-order valence-electron chi connectivity index (χ0n) is 12.3. The molecule has 0 amide bonds. The Hall–Kier alpha value is -1.59. The van der Waals surface area contributed by atoms with Crippen molar-refractivity contribution in [3.05, 3.63) is 46.6 Å². The first kappa shape index (κ1) is 15.8. The van der Waals surface area contributed by atoms with Crippen molar-refractivity contribution in [3.8, 4) is 5.75 Å². The molecule has 4 nitrogen and oxygen atoms in total. The Bertz CT molecular complexity index is 604. The second-order valence-electron chi connectivity index (χ2n) is 4.70. The van der Waals surface area contributed by atoms with Gasteiger partial charge in [-0.25, -0.2) is 4.98 Å². The minimum absolute atomic E-state index is 0.640. The molecule has 1 heterocycles. The fraction of sp³-hybridized carbons (Fsp3) is 0.312. The van der Waals surface area contributed by atoms with E-state index in [9.17, 15) is 0 Å². The molecule has 0 unspecified atom stereocenters. The van der Waals surface area contributed by atoms with Gasteiger partial charge in [0.2, 0.25) is 0 Å². The van der Waals surface area contributed by atoms with Crippen LogP contribution in [0.1, 0.15) is 12.1 Å². The molecule has 0 saturated carbocycles. The maximum atomic E-state index is 5.67. The van der Waals surface area contributed by atoms with E-state index in [1.807, 2.05) is 43.3 Å². The summed E-state index contributed by atoms with van der Waals surface area (Å²) in [5.41, 5.74) is 7.63. The number of nitrogens with two attached hydrogens (primary N) is 1. The Morgan fingerprint density at radius 3 is 2.67 bits per heavy atom. The average molecular weight is 350 g/mol. The third-order valence-corrected chi connectivity index (χ3v) is 4.08. The summed E-state index contributed by atoms with van der Waals surface area (Å²) in [6.07, 6.45) is 0.884. The molecule has 0 aliphatic heterocycles. The van der Waals surface area contributed by atoms with E-state index in [1.54, 1.807) is 7.11 Å². The molecule has 0 radical (unpaired) electrons. The smallest absolute Gasteiger partial charge is 0.142 e. The first-order valence-corrected chi connectivity index (χ1v) is 7.70. The van der Waals surface area contributed by atoms with E-state index in [2.05, 4.69) is 25.8 Å². The standard InChI is InChI=1S/C16H20BrN3O/c1-12-13(17)8-9-16(19-12)20(11-5-10-18)14-6-3-4-7-15(14)21-2/h3-4,6-9H,5,10-11,18H2,1-2H3. The summed E-state index contributed by atoms with van der Waals surface area (Å²) in [5, 5.41) is 0. The molecule has 1 aromatic heterocycles. The summed E-state index contributed by atoms with van der Waals surface area (Å²) >= 11 is 3.49. The first-order valence-electron chi connectivity index (χ1n) is 6.91. The van der Waals surface area contributed by atoms with E-state index < -0.39 is 0 Å². The van der Waals surface area contributed by atoms with Gasteiger partial charge in [0, 0.05) is 11.0 Å². The number of nitrogens with zero attached hydrogens (tertiary/aromatic N) is 2. The van der Waals surface area contributed by atoms with Crippen LogP contribution in [0.4, 0.5) is 11.5 Å². The Balaban J connectivity index is 2.44. The number of para-hydroxylation sites is 2. The Morgan fingerprint density at radius 1 is 1.24 bits per heavy atom. The molecule has 0 saturated heterocycles. The molecule has 2 N–H and O–H groups in total. The monoisotopic (exact) mass is 349 g/mol. The van der Waals surface area contributed by atoms with Crippen molar-refractivity contribution in [3.63, 3.8) is 0 Å². The lowest BCUT2D eigenvalue weighted by Crippen LogP contribution is -2.22. The van der Waals surface area contributed by atoms with Crippen molar-refractivity contribution in [2.24, 2.45) is 5.73 Å². The zero-order chi connectivity index (χ0) is 15.2. The van der Waals surface area contributed by atoms with E-state index in [4.69, 9.17) is 10.5 Å². The lowest BCUT2D eigenvalue weighted by atomic mass is 10.2. The van der Waals surface area contributed by atoms with Crippen LogP contribution < -0.4 is 15.4 Å². The van der Waals surface area contributed by atoms with Gasteiger partial charge in [0.1, 0.15) is 11.6 Å². The number of hydrogen-bond donors (Lipinski definition) is 1. The minimum atomic E-state index is 0.640. The lowest BCUT2D eigenvalue weighted by Gasteiger charge is -2.26. The number of aromatic nitrogens is 1. The highest BCUT2D eigenvalue weighted by molar-refractivity contribution is 9.10. The van der Waals surface area contributed by atoms with Gasteiger partial charge in [-0.1, -0.05) is 12.1 Å². The maximum Gasteiger partial charge on any atom is 0.142 e. The SMILES string of the molecule is COc1ccccc1N(CCCN)c1ccc(Br)c(C)n1. The lowest BCUT2D eigenvalue weighted by molar-refractivity contribution is 0.415. The fourth-order valence-electron chi connectivity index (χ4n) is 2.14. The molecule has 0 fully saturated rings. The summed E-state index contributed by atoms with van der Waals surface area (Å²) < 4.78 is 6.48. The third-order valence-electron chi connectivity index (χ3n) is 3.24. The molecular weight excluding hydrogens is 330 g/mol. The number of pyridine rings is 1. The van der Waals surface area contributed by atoms with Crippen LogP contribution in [0.2, 0.25) is 0 Å². The quantitative estimate of drug-likeness (QED) is 0.864. The van der Waals surface area contributed by atoms with Crippen LogP contribution in [-0.4, -0.2) is 25.2 Å². The molecule has 0 aliphatic rings. The summed E-state index contributed by atoms with van der Waals surface area (Å²) in [6.45, 7) is 3.42. The molecule has 0 aliphatic carbocycles. The van der Waals surface area contributed by atoms with Crippen LogP contribution in [-0.2, 0) is 0 Å². The highest BCUT2D eigenvalue weighted by Gasteiger charge is 2.15. The van der Waals surface area contributed by atoms with Crippen LogP contribution in [0.3, 0.4) is 0 Å². The second kappa shape index (κ2) is 7.43. The number of hydrogen-bond acceptors (Lipinski definition) is 4. The number of anilines is 2. The topological polar surface area (TPSA) is 51.4 Å². The second-order valence-corrected chi connectivity index (χ2v) is 5.56. The summed E-state index contributed by atoms with van der Waals surface area (Å²) in [4.78, 5) is 6.80. The van der Waals surface area contributed by atoms with Gasteiger partial charge >= 0.3 is 0 Å². The van der Waals surface area contributed by atoms with Gasteiger partial charge in [-0.2, -0.15) is 0 Å². The highest BCUT2D eigenvalue weighted by atomic mass is 79.9. The largest absolute Gasteiger partial charge is 0.495 e. The zero-order valence-corrected chi connectivity index (χ0v) is 13.9. The van der Waals surface area contributed by atoms with Crippen LogP contribution >= 0.6 is 15.9 Å². The summed E-state index contributed by atoms with van der Waals surface area (Å²) in [7, 11) is 1.68. The van der Waals surface area contributed by atoms with Crippen molar-refractivity contribution < 1.29 is 4.74 Å². The molecule has 1 aromatic carbocycles. The van der Waals surface area contributed by atoms with Gasteiger partial charge in [0.25, 0.3) is 0 Å². The van der Waals surface area contributed by atoms with Crippen molar-refractivity contribution in [1.82, 2.24) is 4.98 Å². The van der Waals surface area contributed by atoms with Gasteiger partial charge < -0.3 is 15.4 Å². The average Bonchev–Trinajstić information content (AvgIpc) is 2.51. The van der Waals surface area contributed by atoms with Crippen LogP contribution in [0.15, 0.2) is 40.9 Å². The first-order chi connectivity index (χ1) is 10.2. The fourth-order valence-corrected chi connectivity index (χ4v) is 2.36. The number of halogens is 1. The number of ether oxygens (including phenoxy) is 1. The summed E-state index contributed by atoms with van der Waals surface area (Å²) in [5.74, 6) is 1.73. The van der Waals surface area contributed by atoms with Crippen molar-refractivity contribution >= 4 is 27.4 Å². The number of rotatable bonds is 6. The molecule has 112 valence electrons. The van der Waals surface area contributed by atoms with E-state index in [0.29, 0.717) is 6.54 Å². The van der Waals surface area contributed by atoms with Crippen LogP contribution in [0, 0.1) is 6.92 Å². The Kier molecular flexibility index (Phi) is 5.59. The number of benzene rings is 1. The van der Waals surface area contributed by atoms with Gasteiger partial charge in [0.15, 0.2) is 0 Å². The molecule has 21 heavy (non-hydrogen) atoms. The van der Waals surface area contributed by atoms with E-state index >= 15 is 0 Å². The summed E-state index contributed by atoms with van der Waals surface area (Å²) in [6, 6.07) is 12.0. The van der Waals surface area contributed by atoms with Crippen molar-refractivity contribution in [2.45, 2.75) is 13.3 Å². The molecule has 0 spiro atoms. The number of aryl methyl sites for hydroxylation is 1. The molecule has 0 bridgehead atoms. The minimum Gasteiger partial charge on any atom is -0.495 e. The normalized spacial score (nSPS) is 10.5. The number of methoxy groups -OCH3 is 1. The van der Waals surface area contributed by atoms with E-state index in [0.717, 1.165) is 40.4 Å². The van der Waals surface area contributed by atoms with E-state index in [1.165, 1.54) is 0 Å². The van der Waals surface area contributed by atoms with Crippen LogP contribution in [0.5, 0.6) is 5.75 Å². The van der Waals surface area contributed by atoms with Crippen molar-refractivity contribution in [1.29, 1.82) is 0 Å². The molecule has 2 aromatic rings. The molecule has 2 rings (SSSR count). The van der Waals surface area contributed by atoms with Gasteiger partial charge in [-0.05, 0) is 60.1 Å². The molecule has 0 atom stereocenters. The van der Waals surface area contributed by atoms with Gasteiger partial charge in [0.05, 0.1) is 18.5 Å². The Morgan fingerprint density at radius 2 is 2.00 bits per heavy atom. The van der Waals surface area contributed by atoms with E-state index in [-0.39, 0.29) is 0 Å². The van der Waals surface area contributed by atoms with Crippen molar-refractivity contribution in [2.75, 3.05) is 25.1 Å². The molecule has 5 heteroatoms. The predicted molar refractivity (Wildman–Crippen MR) is 90.3 cm³/mol. The van der Waals surface area contributed by atoms with Crippen LogP contribution in [0.25, 0.3) is 0 Å².